The Balaban J connectivity index is 1.91. The molecule has 1 aliphatic rings. The lowest BCUT2D eigenvalue weighted by Crippen LogP contribution is -2.44. The molecule has 1 fully saturated rings. The lowest BCUT2D eigenvalue weighted by molar-refractivity contribution is 0.164. The van der Waals surface area contributed by atoms with Gasteiger partial charge in [-0.1, -0.05) is 12.1 Å². The van der Waals surface area contributed by atoms with Crippen LogP contribution in [-0.4, -0.2) is 36.1 Å². The predicted octanol–water partition coefficient (Wildman–Crippen LogP) is 2.10. The first-order valence-electron chi connectivity index (χ1n) is 6.56. The van der Waals surface area contributed by atoms with Crippen LogP contribution in [0.2, 0.25) is 0 Å². The summed E-state index contributed by atoms with van der Waals surface area (Å²) in [5.41, 5.74) is 3.04. The van der Waals surface area contributed by atoms with E-state index in [9.17, 15) is 0 Å². The highest BCUT2D eigenvalue weighted by atomic mass is 16.3. The van der Waals surface area contributed by atoms with Crippen molar-refractivity contribution in [3.05, 3.63) is 29.7 Å². The van der Waals surface area contributed by atoms with Gasteiger partial charge in [0.05, 0.1) is 6.04 Å². The standard InChI is InChI=1S/C14H19N3O/c1-10-4-3-5-12-13(10)18-14(16-12)11(2)17-8-6-15-7-9-17/h3-5,11,15H,6-9H2,1-2H3. The monoisotopic (exact) mass is 245 g/mol. The highest BCUT2D eigenvalue weighted by Gasteiger charge is 2.22. The van der Waals surface area contributed by atoms with Gasteiger partial charge in [0.25, 0.3) is 0 Å². The summed E-state index contributed by atoms with van der Waals surface area (Å²) in [5, 5.41) is 3.36. The first-order valence-corrected chi connectivity index (χ1v) is 6.56. The molecule has 96 valence electrons. The van der Waals surface area contributed by atoms with Crippen molar-refractivity contribution >= 4 is 11.1 Å². The molecule has 2 heterocycles. The minimum Gasteiger partial charge on any atom is -0.439 e. The lowest BCUT2D eigenvalue weighted by atomic mass is 10.2. The van der Waals surface area contributed by atoms with Crippen LogP contribution < -0.4 is 5.32 Å². The van der Waals surface area contributed by atoms with Gasteiger partial charge in [-0.3, -0.25) is 4.90 Å². The number of hydrogen-bond acceptors (Lipinski definition) is 4. The number of aryl methyl sites for hydroxylation is 1. The van der Waals surface area contributed by atoms with Crippen LogP contribution in [0.15, 0.2) is 22.6 Å². The maximum Gasteiger partial charge on any atom is 0.212 e. The number of para-hydroxylation sites is 1. The van der Waals surface area contributed by atoms with E-state index in [0.29, 0.717) is 0 Å². The van der Waals surface area contributed by atoms with Gasteiger partial charge in [-0.25, -0.2) is 4.98 Å². The van der Waals surface area contributed by atoms with Gasteiger partial charge in [-0.05, 0) is 25.5 Å². The molecule has 0 aliphatic carbocycles. The number of benzene rings is 1. The summed E-state index contributed by atoms with van der Waals surface area (Å²) in [7, 11) is 0. The zero-order chi connectivity index (χ0) is 12.5. The predicted molar refractivity (Wildman–Crippen MR) is 71.6 cm³/mol. The molecule has 3 rings (SSSR count). The van der Waals surface area contributed by atoms with E-state index in [2.05, 4.69) is 35.1 Å². The molecule has 1 saturated heterocycles. The third-order valence-corrected chi connectivity index (χ3v) is 3.69. The molecular formula is C14H19N3O. The summed E-state index contributed by atoms with van der Waals surface area (Å²) >= 11 is 0. The molecule has 1 N–H and O–H groups in total. The van der Waals surface area contributed by atoms with Crippen LogP contribution in [0.4, 0.5) is 0 Å². The molecule has 0 amide bonds. The molecule has 1 aliphatic heterocycles. The van der Waals surface area contributed by atoms with Crippen molar-refractivity contribution in [2.75, 3.05) is 26.2 Å². The summed E-state index contributed by atoms with van der Waals surface area (Å²) in [4.78, 5) is 7.03. The van der Waals surface area contributed by atoms with Gasteiger partial charge in [0, 0.05) is 26.2 Å². The van der Waals surface area contributed by atoms with Crippen LogP contribution >= 0.6 is 0 Å². The van der Waals surface area contributed by atoms with Crippen molar-refractivity contribution in [2.24, 2.45) is 0 Å². The molecule has 0 spiro atoms. The summed E-state index contributed by atoms with van der Waals surface area (Å²) in [6.45, 7) is 8.43. The first-order chi connectivity index (χ1) is 8.75. The second-order valence-corrected chi connectivity index (χ2v) is 4.94. The zero-order valence-electron chi connectivity index (χ0n) is 10.9. The molecule has 18 heavy (non-hydrogen) atoms. The Morgan fingerprint density at radius 2 is 2.11 bits per heavy atom. The van der Waals surface area contributed by atoms with Crippen LogP contribution in [0.25, 0.3) is 11.1 Å². The molecule has 0 bridgehead atoms. The van der Waals surface area contributed by atoms with Gasteiger partial charge in [-0.2, -0.15) is 0 Å². The van der Waals surface area contributed by atoms with E-state index >= 15 is 0 Å². The number of fused-ring (bicyclic) bond motifs is 1. The fourth-order valence-electron chi connectivity index (χ4n) is 2.51. The number of oxazole rings is 1. The Bertz CT molecular complexity index is 543. The van der Waals surface area contributed by atoms with Crippen LogP contribution in [0, 0.1) is 6.92 Å². The van der Waals surface area contributed by atoms with Crippen LogP contribution in [0.1, 0.15) is 24.4 Å². The van der Waals surface area contributed by atoms with E-state index in [4.69, 9.17) is 4.42 Å². The van der Waals surface area contributed by atoms with E-state index in [1.54, 1.807) is 0 Å². The lowest BCUT2D eigenvalue weighted by Gasteiger charge is -2.30. The molecule has 0 saturated carbocycles. The maximum atomic E-state index is 5.94. The summed E-state index contributed by atoms with van der Waals surface area (Å²) in [6, 6.07) is 6.35. The smallest absolute Gasteiger partial charge is 0.212 e. The quantitative estimate of drug-likeness (QED) is 0.879. The maximum absolute atomic E-state index is 5.94. The highest BCUT2D eigenvalue weighted by Crippen LogP contribution is 2.26. The minimum absolute atomic E-state index is 0.249. The number of nitrogens with zero attached hydrogens (tertiary/aromatic N) is 2. The Hall–Kier alpha value is -1.39. The fraction of sp³-hybridized carbons (Fsp3) is 0.500. The molecule has 1 unspecified atom stereocenters. The largest absolute Gasteiger partial charge is 0.439 e. The molecule has 0 radical (unpaired) electrons. The third-order valence-electron chi connectivity index (χ3n) is 3.69. The van der Waals surface area contributed by atoms with Crippen molar-refractivity contribution in [2.45, 2.75) is 19.9 Å². The second kappa shape index (κ2) is 4.71. The number of hydrogen-bond donors (Lipinski definition) is 1. The Kier molecular flexibility index (Phi) is 3.06. The number of rotatable bonds is 2. The SMILES string of the molecule is Cc1cccc2nc(C(C)N3CCNCC3)oc12. The normalized spacial score (nSPS) is 19.2. The van der Waals surface area contributed by atoms with Crippen LogP contribution in [-0.2, 0) is 0 Å². The fourth-order valence-corrected chi connectivity index (χ4v) is 2.51. The minimum atomic E-state index is 0.249. The van der Waals surface area contributed by atoms with E-state index < -0.39 is 0 Å². The van der Waals surface area contributed by atoms with E-state index in [1.807, 2.05) is 12.1 Å². The number of piperazine rings is 1. The van der Waals surface area contributed by atoms with E-state index in [0.717, 1.165) is 48.7 Å². The molecular weight excluding hydrogens is 226 g/mol. The molecule has 2 aromatic rings. The summed E-state index contributed by atoms with van der Waals surface area (Å²) in [6.07, 6.45) is 0. The van der Waals surface area contributed by atoms with Crippen molar-refractivity contribution in [3.63, 3.8) is 0 Å². The van der Waals surface area contributed by atoms with Crippen molar-refractivity contribution in [3.8, 4) is 0 Å². The molecule has 1 atom stereocenters. The van der Waals surface area contributed by atoms with E-state index in [1.165, 1.54) is 0 Å². The second-order valence-electron chi connectivity index (χ2n) is 4.94. The first kappa shape index (κ1) is 11.7. The van der Waals surface area contributed by atoms with Crippen molar-refractivity contribution < 1.29 is 4.42 Å². The van der Waals surface area contributed by atoms with Crippen LogP contribution in [0.3, 0.4) is 0 Å². The molecule has 1 aromatic carbocycles. The van der Waals surface area contributed by atoms with Crippen molar-refractivity contribution in [1.82, 2.24) is 15.2 Å². The average Bonchev–Trinajstić information content (AvgIpc) is 2.84. The molecule has 4 heteroatoms. The Labute approximate surface area is 107 Å². The number of nitrogens with one attached hydrogen (secondary N) is 1. The van der Waals surface area contributed by atoms with Gasteiger partial charge < -0.3 is 9.73 Å². The molecule has 4 nitrogen and oxygen atoms in total. The van der Waals surface area contributed by atoms with Gasteiger partial charge in [0.1, 0.15) is 5.52 Å². The van der Waals surface area contributed by atoms with Crippen LogP contribution in [0.5, 0.6) is 0 Å². The van der Waals surface area contributed by atoms with Gasteiger partial charge in [0.15, 0.2) is 5.58 Å². The zero-order valence-corrected chi connectivity index (χ0v) is 10.9. The van der Waals surface area contributed by atoms with Gasteiger partial charge in [-0.15, -0.1) is 0 Å². The number of aromatic nitrogens is 1. The van der Waals surface area contributed by atoms with E-state index in [-0.39, 0.29) is 6.04 Å². The third kappa shape index (κ3) is 2.02. The Morgan fingerprint density at radius 3 is 2.83 bits per heavy atom. The van der Waals surface area contributed by atoms with Crippen molar-refractivity contribution in [1.29, 1.82) is 0 Å². The summed E-state index contributed by atoms with van der Waals surface area (Å²) in [5.74, 6) is 0.834. The average molecular weight is 245 g/mol. The molecule has 1 aromatic heterocycles. The Morgan fingerprint density at radius 1 is 1.33 bits per heavy atom. The van der Waals surface area contributed by atoms with Gasteiger partial charge in [0.2, 0.25) is 5.89 Å². The topological polar surface area (TPSA) is 41.3 Å². The van der Waals surface area contributed by atoms with Gasteiger partial charge >= 0.3 is 0 Å². The highest BCUT2D eigenvalue weighted by molar-refractivity contribution is 5.76. The summed E-state index contributed by atoms with van der Waals surface area (Å²) < 4.78 is 5.94.